The second-order valence-corrected chi connectivity index (χ2v) is 6.59. The minimum Gasteiger partial charge on any atom is -0.349 e. The van der Waals surface area contributed by atoms with Crippen LogP contribution in [-0.4, -0.2) is 21.6 Å². The van der Waals surface area contributed by atoms with Gasteiger partial charge in [-0.25, -0.2) is 4.52 Å². The van der Waals surface area contributed by atoms with Gasteiger partial charge in [0.15, 0.2) is 0 Å². The fourth-order valence-electron chi connectivity index (χ4n) is 3.61. The van der Waals surface area contributed by atoms with E-state index >= 15 is 0 Å². The lowest BCUT2D eigenvalue weighted by Gasteiger charge is -2.46. The normalized spacial score (nSPS) is 23.4. The SMILES string of the molecule is CC1(c2ccccc2)CC(NC(=O)c2cccn3nccc23)C1. The number of benzene rings is 1. The fraction of sp³-hybridized carbons (Fsp3) is 0.263. The number of nitrogens with one attached hydrogen (secondary N) is 1. The van der Waals surface area contributed by atoms with E-state index in [0.29, 0.717) is 5.56 Å². The zero-order chi connectivity index (χ0) is 15.9. The molecule has 1 aromatic carbocycles. The molecule has 1 amide bonds. The molecule has 0 bridgehead atoms. The molecule has 1 fully saturated rings. The molecule has 3 aromatic rings. The summed E-state index contributed by atoms with van der Waals surface area (Å²) in [6, 6.07) is 16.3. The first-order valence-corrected chi connectivity index (χ1v) is 7.94. The molecule has 0 unspecified atom stereocenters. The average Bonchev–Trinajstić information content (AvgIpc) is 3.02. The van der Waals surface area contributed by atoms with Crippen LogP contribution < -0.4 is 5.32 Å². The monoisotopic (exact) mass is 305 g/mol. The van der Waals surface area contributed by atoms with Crippen LogP contribution in [0.4, 0.5) is 0 Å². The predicted octanol–water partition coefficient (Wildman–Crippen LogP) is 3.18. The van der Waals surface area contributed by atoms with E-state index in [0.717, 1.165) is 18.4 Å². The number of hydrogen-bond donors (Lipinski definition) is 1. The highest BCUT2D eigenvalue weighted by Gasteiger charge is 2.42. The summed E-state index contributed by atoms with van der Waals surface area (Å²) in [5.41, 5.74) is 3.04. The zero-order valence-corrected chi connectivity index (χ0v) is 13.1. The number of carbonyl (C=O) groups excluding carboxylic acids is 1. The minimum absolute atomic E-state index is 0.0174. The van der Waals surface area contributed by atoms with Crippen LogP contribution in [0.1, 0.15) is 35.7 Å². The molecule has 4 nitrogen and oxygen atoms in total. The molecule has 2 aromatic heterocycles. The molecule has 4 heteroatoms. The van der Waals surface area contributed by atoms with Crippen molar-refractivity contribution < 1.29 is 4.79 Å². The summed E-state index contributed by atoms with van der Waals surface area (Å²) in [6.45, 7) is 2.27. The standard InChI is InChI=1S/C19H19N3O/c1-19(14-6-3-2-4-7-14)12-15(13-19)21-18(23)16-8-5-11-22-17(16)9-10-20-22/h2-11,15H,12-13H2,1H3,(H,21,23). The molecule has 0 saturated heterocycles. The van der Waals surface area contributed by atoms with Crippen LogP contribution in [0.5, 0.6) is 0 Å². The molecule has 0 aliphatic heterocycles. The Morgan fingerprint density at radius 1 is 1.17 bits per heavy atom. The minimum atomic E-state index is -0.0174. The van der Waals surface area contributed by atoms with Gasteiger partial charge in [0.1, 0.15) is 0 Å². The largest absolute Gasteiger partial charge is 0.349 e. The maximum atomic E-state index is 12.6. The first kappa shape index (κ1) is 14.0. The van der Waals surface area contributed by atoms with Crippen LogP contribution in [0.2, 0.25) is 0 Å². The van der Waals surface area contributed by atoms with Gasteiger partial charge in [-0.05, 0) is 42.0 Å². The highest BCUT2D eigenvalue weighted by atomic mass is 16.1. The Bertz CT molecular complexity index is 847. The lowest BCUT2D eigenvalue weighted by molar-refractivity contribution is 0.0875. The molecule has 4 rings (SSSR count). The number of rotatable bonds is 3. The summed E-state index contributed by atoms with van der Waals surface area (Å²) in [5.74, 6) is -0.0174. The Labute approximate surface area is 135 Å². The van der Waals surface area contributed by atoms with Crippen molar-refractivity contribution in [3.63, 3.8) is 0 Å². The summed E-state index contributed by atoms with van der Waals surface area (Å²) < 4.78 is 1.73. The molecule has 1 aliphatic rings. The quantitative estimate of drug-likeness (QED) is 0.808. The highest BCUT2D eigenvalue weighted by molar-refractivity contribution is 6.00. The third kappa shape index (κ3) is 2.40. The maximum absolute atomic E-state index is 12.6. The van der Waals surface area contributed by atoms with Gasteiger partial charge in [0, 0.05) is 12.2 Å². The van der Waals surface area contributed by atoms with Crippen LogP contribution >= 0.6 is 0 Å². The van der Waals surface area contributed by atoms with E-state index in [4.69, 9.17) is 0 Å². The second-order valence-electron chi connectivity index (χ2n) is 6.59. The first-order chi connectivity index (χ1) is 11.2. The molecular formula is C19H19N3O. The number of pyridine rings is 1. The Hall–Kier alpha value is -2.62. The van der Waals surface area contributed by atoms with Crippen molar-refractivity contribution in [2.45, 2.75) is 31.2 Å². The third-order valence-corrected chi connectivity index (χ3v) is 4.88. The molecule has 1 aliphatic carbocycles. The van der Waals surface area contributed by atoms with Crippen molar-refractivity contribution in [1.29, 1.82) is 0 Å². The Morgan fingerprint density at radius 2 is 1.96 bits per heavy atom. The lowest BCUT2D eigenvalue weighted by atomic mass is 9.63. The van der Waals surface area contributed by atoms with Gasteiger partial charge in [-0.1, -0.05) is 37.3 Å². The van der Waals surface area contributed by atoms with E-state index in [1.807, 2.05) is 30.5 Å². The van der Waals surface area contributed by atoms with E-state index in [-0.39, 0.29) is 17.4 Å². The molecule has 116 valence electrons. The molecule has 0 spiro atoms. The molecule has 0 radical (unpaired) electrons. The lowest BCUT2D eigenvalue weighted by Crippen LogP contribution is -2.51. The van der Waals surface area contributed by atoms with E-state index in [1.54, 1.807) is 10.7 Å². The average molecular weight is 305 g/mol. The van der Waals surface area contributed by atoms with E-state index < -0.39 is 0 Å². The molecule has 0 atom stereocenters. The maximum Gasteiger partial charge on any atom is 0.253 e. The van der Waals surface area contributed by atoms with E-state index in [2.05, 4.69) is 41.6 Å². The summed E-state index contributed by atoms with van der Waals surface area (Å²) >= 11 is 0. The number of hydrogen-bond acceptors (Lipinski definition) is 2. The molecule has 1 N–H and O–H groups in total. The van der Waals surface area contributed by atoms with Gasteiger partial charge >= 0.3 is 0 Å². The smallest absolute Gasteiger partial charge is 0.253 e. The third-order valence-electron chi connectivity index (χ3n) is 4.88. The van der Waals surface area contributed by atoms with Crippen molar-refractivity contribution in [3.8, 4) is 0 Å². The summed E-state index contributed by atoms with van der Waals surface area (Å²) in [6.07, 6.45) is 5.51. The van der Waals surface area contributed by atoms with Gasteiger partial charge in [0.25, 0.3) is 5.91 Å². The molecule has 2 heterocycles. The van der Waals surface area contributed by atoms with Gasteiger partial charge < -0.3 is 5.32 Å². The van der Waals surface area contributed by atoms with Crippen LogP contribution in [0.25, 0.3) is 5.52 Å². The van der Waals surface area contributed by atoms with E-state index in [1.165, 1.54) is 5.56 Å². The number of nitrogens with zero attached hydrogens (tertiary/aromatic N) is 2. The van der Waals surface area contributed by atoms with Crippen molar-refractivity contribution in [1.82, 2.24) is 14.9 Å². The Morgan fingerprint density at radius 3 is 2.74 bits per heavy atom. The van der Waals surface area contributed by atoms with Crippen LogP contribution in [0.3, 0.4) is 0 Å². The first-order valence-electron chi connectivity index (χ1n) is 7.94. The van der Waals surface area contributed by atoms with Gasteiger partial charge in [-0.2, -0.15) is 5.10 Å². The Balaban J connectivity index is 1.46. The van der Waals surface area contributed by atoms with Crippen LogP contribution in [0, 0.1) is 0 Å². The number of carbonyl (C=O) groups is 1. The fourth-order valence-corrected chi connectivity index (χ4v) is 3.61. The number of fused-ring (bicyclic) bond motifs is 1. The summed E-state index contributed by atoms with van der Waals surface area (Å²) in [5, 5.41) is 7.33. The van der Waals surface area contributed by atoms with E-state index in [9.17, 15) is 4.79 Å². The number of aromatic nitrogens is 2. The predicted molar refractivity (Wildman–Crippen MR) is 89.5 cm³/mol. The highest BCUT2D eigenvalue weighted by Crippen LogP contribution is 2.43. The summed E-state index contributed by atoms with van der Waals surface area (Å²) in [7, 11) is 0. The van der Waals surface area contributed by atoms with Gasteiger partial charge in [-0.15, -0.1) is 0 Å². The van der Waals surface area contributed by atoms with Gasteiger partial charge in [0.2, 0.25) is 0 Å². The second kappa shape index (κ2) is 5.23. The van der Waals surface area contributed by atoms with Crippen LogP contribution in [-0.2, 0) is 5.41 Å². The summed E-state index contributed by atoms with van der Waals surface area (Å²) in [4.78, 5) is 12.6. The van der Waals surface area contributed by atoms with Crippen molar-refractivity contribution in [2.24, 2.45) is 0 Å². The number of amides is 1. The molecule has 23 heavy (non-hydrogen) atoms. The van der Waals surface area contributed by atoms with Crippen LogP contribution in [0.15, 0.2) is 60.9 Å². The molecular weight excluding hydrogens is 286 g/mol. The van der Waals surface area contributed by atoms with Gasteiger partial charge in [0.05, 0.1) is 17.3 Å². The zero-order valence-electron chi connectivity index (χ0n) is 13.1. The van der Waals surface area contributed by atoms with Crippen molar-refractivity contribution >= 4 is 11.4 Å². The van der Waals surface area contributed by atoms with Gasteiger partial charge in [-0.3, -0.25) is 4.79 Å². The van der Waals surface area contributed by atoms with Crippen molar-refractivity contribution in [3.05, 3.63) is 72.1 Å². The molecule has 1 saturated carbocycles. The Kier molecular flexibility index (Phi) is 3.18. The topological polar surface area (TPSA) is 46.4 Å². The van der Waals surface area contributed by atoms with Crippen molar-refractivity contribution in [2.75, 3.05) is 0 Å².